The molecule has 0 bridgehead atoms. The predicted octanol–water partition coefficient (Wildman–Crippen LogP) is 3.87. The molecule has 0 aliphatic heterocycles. The van der Waals surface area contributed by atoms with Crippen molar-refractivity contribution in [3.05, 3.63) is 58.2 Å². The number of likely N-dealkylation sites (N-methyl/N-ethyl adjacent to an activating group) is 1. The summed E-state index contributed by atoms with van der Waals surface area (Å²) in [5.74, 6) is 0.613. The highest BCUT2D eigenvalue weighted by Gasteiger charge is 2.19. The third-order valence-corrected chi connectivity index (χ3v) is 5.91. The molecule has 1 aromatic carbocycles. The number of nitrogens with one attached hydrogen (secondary N) is 2. The summed E-state index contributed by atoms with van der Waals surface area (Å²) in [6.07, 6.45) is 0. The normalized spacial score (nSPS) is 12.2. The number of rotatable bonds is 9. The molecule has 0 spiro atoms. The smallest absolute Gasteiger partial charge is 0.240 e. The minimum absolute atomic E-state index is 0.0802. The Morgan fingerprint density at radius 3 is 2.64 bits per heavy atom. The molecule has 28 heavy (non-hydrogen) atoms. The lowest BCUT2D eigenvalue weighted by Crippen LogP contribution is -2.39. The Labute approximate surface area is 174 Å². The molecule has 0 aliphatic rings. The van der Waals surface area contributed by atoms with E-state index in [-0.39, 0.29) is 18.5 Å². The van der Waals surface area contributed by atoms with Crippen molar-refractivity contribution in [2.45, 2.75) is 26.4 Å². The minimum Gasteiger partial charge on any atom is -0.353 e. The number of aromatic nitrogens is 3. The highest BCUT2D eigenvalue weighted by Crippen LogP contribution is 2.23. The second-order valence-corrected chi connectivity index (χ2v) is 7.70. The first-order valence-electron chi connectivity index (χ1n) is 9.38. The van der Waals surface area contributed by atoms with E-state index >= 15 is 0 Å². The molecule has 0 saturated carbocycles. The van der Waals surface area contributed by atoms with Crippen LogP contribution in [0.2, 0.25) is 0 Å². The van der Waals surface area contributed by atoms with Gasteiger partial charge in [0.15, 0.2) is 10.6 Å². The lowest BCUT2D eigenvalue weighted by Gasteiger charge is -2.30. The van der Waals surface area contributed by atoms with Crippen LogP contribution >= 0.6 is 23.6 Å². The van der Waals surface area contributed by atoms with Crippen LogP contribution in [0.15, 0.2) is 47.8 Å². The van der Waals surface area contributed by atoms with Crippen molar-refractivity contribution in [2.24, 2.45) is 0 Å². The summed E-state index contributed by atoms with van der Waals surface area (Å²) in [7, 11) is 0. The van der Waals surface area contributed by atoms with Crippen LogP contribution in [0.4, 0.5) is 0 Å². The van der Waals surface area contributed by atoms with Crippen molar-refractivity contribution < 1.29 is 4.79 Å². The van der Waals surface area contributed by atoms with Gasteiger partial charge >= 0.3 is 0 Å². The van der Waals surface area contributed by atoms with Gasteiger partial charge in [0.2, 0.25) is 5.91 Å². The molecule has 1 amide bonds. The maximum atomic E-state index is 12.7. The number of H-pyrrole nitrogens is 1. The van der Waals surface area contributed by atoms with E-state index in [1.54, 1.807) is 15.9 Å². The molecule has 0 fully saturated rings. The quantitative estimate of drug-likeness (QED) is 0.521. The average Bonchev–Trinajstić information content (AvgIpc) is 3.36. The highest BCUT2D eigenvalue weighted by atomic mass is 32.1. The first kappa shape index (κ1) is 20.4. The average molecular weight is 416 g/mol. The Kier molecular flexibility index (Phi) is 7.13. The van der Waals surface area contributed by atoms with E-state index in [2.05, 4.69) is 46.4 Å². The van der Waals surface area contributed by atoms with E-state index < -0.39 is 0 Å². The molecule has 8 heteroatoms. The van der Waals surface area contributed by atoms with Gasteiger partial charge in [-0.15, -0.1) is 11.3 Å². The summed E-state index contributed by atoms with van der Waals surface area (Å²) in [6.45, 7) is 6.80. The molecule has 2 aromatic heterocycles. The topological polar surface area (TPSA) is 66.0 Å². The summed E-state index contributed by atoms with van der Waals surface area (Å²) in [4.78, 5) is 16.0. The number of nitrogens with zero attached hydrogens (tertiary/aromatic N) is 3. The van der Waals surface area contributed by atoms with E-state index in [1.807, 2.05) is 35.7 Å². The summed E-state index contributed by atoms with van der Waals surface area (Å²) < 4.78 is 2.19. The number of hydrogen-bond acceptors (Lipinski definition) is 5. The third-order valence-electron chi connectivity index (χ3n) is 4.73. The van der Waals surface area contributed by atoms with Crippen molar-refractivity contribution in [1.29, 1.82) is 0 Å². The fourth-order valence-electron chi connectivity index (χ4n) is 3.27. The van der Waals surface area contributed by atoms with Crippen LogP contribution in [0.25, 0.3) is 10.7 Å². The van der Waals surface area contributed by atoms with Crippen LogP contribution in [0.3, 0.4) is 0 Å². The zero-order valence-electron chi connectivity index (χ0n) is 16.1. The second-order valence-electron chi connectivity index (χ2n) is 6.37. The van der Waals surface area contributed by atoms with Gasteiger partial charge in [0.25, 0.3) is 0 Å². The molecule has 2 heterocycles. The molecule has 2 N–H and O–H groups in total. The van der Waals surface area contributed by atoms with Gasteiger partial charge in [-0.2, -0.15) is 5.10 Å². The summed E-state index contributed by atoms with van der Waals surface area (Å²) >= 11 is 6.89. The molecular formula is C20H25N5OS2. The standard InChI is InChI=1S/C20H25N5OS2/c1-3-24(4-2)16(15-9-6-5-7-10-15)13-21-18(26)14-25-19(22-23-20(25)27)17-11-8-12-28-17/h5-12,16H,3-4,13-14H2,1-2H3,(H,21,26)(H,23,27). The fraction of sp³-hybridized carbons (Fsp3) is 0.350. The van der Waals surface area contributed by atoms with E-state index in [4.69, 9.17) is 12.2 Å². The van der Waals surface area contributed by atoms with Crippen LogP contribution in [0, 0.1) is 4.77 Å². The van der Waals surface area contributed by atoms with Gasteiger partial charge in [0, 0.05) is 6.54 Å². The molecule has 3 rings (SSSR count). The van der Waals surface area contributed by atoms with Gasteiger partial charge in [0.05, 0.1) is 10.9 Å². The van der Waals surface area contributed by atoms with Crippen LogP contribution in [-0.4, -0.2) is 45.2 Å². The number of carbonyl (C=O) groups is 1. The third kappa shape index (κ3) is 4.76. The van der Waals surface area contributed by atoms with Crippen molar-refractivity contribution in [2.75, 3.05) is 19.6 Å². The summed E-state index contributed by atoms with van der Waals surface area (Å²) in [5, 5.41) is 12.1. The zero-order chi connectivity index (χ0) is 19.9. The lowest BCUT2D eigenvalue weighted by molar-refractivity contribution is -0.121. The summed E-state index contributed by atoms with van der Waals surface area (Å²) in [5.41, 5.74) is 1.20. The van der Waals surface area contributed by atoms with Gasteiger partial charge in [0.1, 0.15) is 6.54 Å². The molecule has 0 radical (unpaired) electrons. The fourth-order valence-corrected chi connectivity index (χ4v) is 4.18. The lowest BCUT2D eigenvalue weighted by atomic mass is 10.1. The molecule has 1 atom stereocenters. The largest absolute Gasteiger partial charge is 0.353 e. The monoisotopic (exact) mass is 415 g/mol. The zero-order valence-corrected chi connectivity index (χ0v) is 17.7. The number of aromatic amines is 1. The Morgan fingerprint density at radius 2 is 2.00 bits per heavy atom. The van der Waals surface area contributed by atoms with Crippen LogP contribution in [-0.2, 0) is 11.3 Å². The van der Waals surface area contributed by atoms with Crippen molar-refractivity contribution in [3.63, 3.8) is 0 Å². The van der Waals surface area contributed by atoms with Gasteiger partial charge in [-0.1, -0.05) is 50.2 Å². The van der Waals surface area contributed by atoms with Gasteiger partial charge in [-0.05, 0) is 42.3 Å². The minimum atomic E-state index is -0.0802. The molecule has 1 unspecified atom stereocenters. The maximum absolute atomic E-state index is 12.7. The Bertz CT molecular complexity index is 929. The number of benzene rings is 1. The van der Waals surface area contributed by atoms with Crippen LogP contribution in [0.1, 0.15) is 25.5 Å². The van der Waals surface area contributed by atoms with E-state index in [0.29, 0.717) is 17.1 Å². The Balaban J connectivity index is 1.71. The van der Waals surface area contributed by atoms with Gasteiger partial charge in [-0.3, -0.25) is 19.4 Å². The van der Waals surface area contributed by atoms with Gasteiger partial charge < -0.3 is 5.32 Å². The molecule has 0 saturated heterocycles. The van der Waals surface area contributed by atoms with Crippen molar-refractivity contribution in [1.82, 2.24) is 25.0 Å². The maximum Gasteiger partial charge on any atom is 0.240 e. The Hall–Kier alpha value is -2.29. The van der Waals surface area contributed by atoms with E-state index in [0.717, 1.165) is 18.0 Å². The number of hydrogen-bond donors (Lipinski definition) is 2. The first-order valence-corrected chi connectivity index (χ1v) is 10.7. The van der Waals surface area contributed by atoms with E-state index in [9.17, 15) is 4.79 Å². The molecule has 3 aromatic rings. The number of amides is 1. The predicted molar refractivity (Wildman–Crippen MR) is 116 cm³/mol. The van der Waals surface area contributed by atoms with E-state index in [1.165, 1.54) is 5.56 Å². The van der Waals surface area contributed by atoms with Crippen LogP contribution in [0.5, 0.6) is 0 Å². The second kappa shape index (κ2) is 9.77. The molecule has 148 valence electrons. The highest BCUT2D eigenvalue weighted by molar-refractivity contribution is 7.71. The van der Waals surface area contributed by atoms with Gasteiger partial charge in [-0.25, -0.2) is 0 Å². The van der Waals surface area contributed by atoms with Crippen molar-refractivity contribution in [3.8, 4) is 10.7 Å². The van der Waals surface area contributed by atoms with Crippen LogP contribution < -0.4 is 5.32 Å². The first-order chi connectivity index (χ1) is 13.6. The molecule has 0 aliphatic carbocycles. The molecular weight excluding hydrogens is 390 g/mol. The molecule has 6 nitrogen and oxygen atoms in total. The van der Waals surface area contributed by atoms with Crippen molar-refractivity contribution >= 4 is 29.5 Å². The number of carbonyl (C=O) groups excluding carboxylic acids is 1. The Morgan fingerprint density at radius 1 is 1.25 bits per heavy atom. The SMILES string of the molecule is CCN(CC)C(CNC(=O)Cn1c(-c2cccs2)n[nH]c1=S)c1ccccc1. The number of thiophene rings is 1. The summed E-state index contributed by atoms with van der Waals surface area (Å²) in [6, 6.07) is 14.3.